The van der Waals surface area contributed by atoms with E-state index in [0.717, 1.165) is 17.2 Å². The van der Waals surface area contributed by atoms with Crippen LogP contribution in [0.5, 0.6) is 5.75 Å². The van der Waals surface area contributed by atoms with Crippen molar-refractivity contribution in [2.75, 3.05) is 19.0 Å². The lowest BCUT2D eigenvalue weighted by atomic mass is 10.1. The molecule has 0 aromatic heterocycles. The van der Waals surface area contributed by atoms with Gasteiger partial charge in [0, 0.05) is 5.69 Å². The van der Waals surface area contributed by atoms with Gasteiger partial charge in [-0.05, 0) is 43.7 Å². The molecule has 2 aromatic rings. The number of carbonyl (C=O) groups excluding carboxylic acids is 2. The van der Waals surface area contributed by atoms with E-state index in [4.69, 9.17) is 9.47 Å². The van der Waals surface area contributed by atoms with E-state index in [2.05, 4.69) is 5.32 Å². The molecule has 0 saturated carbocycles. The zero-order valence-electron chi connectivity index (χ0n) is 13.7. The average molecular weight is 331 g/mol. The van der Waals surface area contributed by atoms with Gasteiger partial charge in [0.15, 0.2) is 18.2 Å². The van der Waals surface area contributed by atoms with Crippen molar-refractivity contribution in [3.05, 3.63) is 58.9 Å². The van der Waals surface area contributed by atoms with Gasteiger partial charge < -0.3 is 14.8 Å². The van der Waals surface area contributed by atoms with E-state index in [1.807, 2.05) is 26.0 Å². The summed E-state index contributed by atoms with van der Waals surface area (Å²) in [4.78, 5) is 23.7. The molecule has 0 aliphatic carbocycles. The minimum absolute atomic E-state index is 0.00705. The predicted octanol–water partition coefficient (Wildman–Crippen LogP) is 3.25. The number of methoxy groups -OCH3 is 1. The Balaban J connectivity index is 1.93. The molecule has 0 spiro atoms. The van der Waals surface area contributed by atoms with Gasteiger partial charge in [0.05, 0.1) is 12.7 Å². The molecule has 0 saturated heterocycles. The molecule has 0 heterocycles. The monoisotopic (exact) mass is 331 g/mol. The Labute approximate surface area is 139 Å². The molecule has 0 aliphatic heterocycles. The average Bonchev–Trinajstić information content (AvgIpc) is 2.55. The van der Waals surface area contributed by atoms with E-state index in [1.165, 1.54) is 19.2 Å². The summed E-state index contributed by atoms with van der Waals surface area (Å²) >= 11 is 0. The molecule has 5 nitrogen and oxygen atoms in total. The molecule has 6 heteroatoms. The van der Waals surface area contributed by atoms with Crippen LogP contribution >= 0.6 is 0 Å². The summed E-state index contributed by atoms with van der Waals surface area (Å²) in [6.45, 7) is 3.36. The SMILES string of the molecule is COc1ccc(C(=O)OCC(=O)Nc2ccc(C)cc2C)cc1F. The van der Waals surface area contributed by atoms with Gasteiger partial charge >= 0.3 is 5.97 Å². The summed E-state index contributed by atoms with van der Waals surface area (Å²) in [6.07, 6.45) is 0. The lowest BCUT2D eigenvalue weighted by Crippen LogP contribution is -2.21. The zero-order valence-corrected chi connectivity index (χ0v) is 13.7. The molecular weight excluding hydrogens is 313 g/mol. The molecular formula is C18H18FNO4. The van der Waals surface area contributed by atoms with Gasteiger partial charge in [-0.15, -0.1) is 0 Å². The van der Waals surface area contributed by atoms with Crippen molar-refractivity contribution < 1.29 is 23.5 Å². The van der Waals surface area contributed by atoms with E-state index in [1.54, 1.807) is 6.07 Å². The van der Waals surface area contributed by atoms with Crippen molar-refractivity contribution in [1.29, 1.82) is 0 Å². The van der Waals surface area contributed by atoms with E-state index in [0.29, 0.717) is 5.69 Å². The van der Waals surface area contributed by atoms with Crippen molar-refractivity contribution in [1.82, 2.24) is 0 Å². The first kappa shape index (κ1) is 17.5. The van der Waals surface area contributed by atoms with Gasteiger partial charge in [-0.1, -0.05) is 17.7 Å². The Hall–Kier alpha value is -2.89. The number of aryl methyl sites for hydroxylation is 2. The minimum atomic E-state index is -0.785. The van der Waals surface area contributed by atoms with Crippen LogP contribution in [0.25, 0.3) is 0 Å². The van der Waals surface area contributed by atoms with E-state index >= 15 is 0 Å². The zero-order chi connectivity index (χ0) is 17.7. The number of hydrogen-bond donors (Lipinski definition) is 1. The van der Waals surface area contributed by atoms with Gasteiger partial charge in [0.1, 0.15) is 0 Å². The van der Waals surface area contributed by atoms with Crippen LogP contribution in [0.15, 0.2) is 36.4 Å². The van der Waals surface area contributed by atoms with Crippen LogP contribution in [0.2, 0.25) is 0 Å². The van der Waals surface area contributed by atoms with Crippen LogP contribution in [0.1, 0.15) is 21.5 Å². The number of halogens is 1. The molecule has 0 aliphatic rings. The van der Waals surface area contributed by atoms with Crippen LogP contribution in [-0.4, -0.2) is 25.6 Å². The molecule has 1 N–H and O–H groups in total. The first-order chi connectivity index (χ1) is 11.4. The van der Waals surface area contributed by atoms with Crippen molar-refractivity contribution in [3.63, 3.8) is 0 Å². The summed E-state index contributed by atoms with van der Waals surface area (Å²) in [5.41, 5.74) is 2.65. The molecule has 2 rings (SSSR count). The summed E-state index contributed by atoms with van der Waals surface area (Å²) in [5, 5.41) is 2.66. The highest BCUT2D eigenvalue weighted by atomic mass is 19.1. The Morgan fingerprint density at radius 3 is 2.50 bits per heavy atom. The fraction of sp³-hybridized carbons (Fsp3) is 0.222. The Kier molecular flexibility index (Phi) is 5.52. The van der Waals surface area contributed by atoms with Crippen LogP contribution in [0, 0.1) is 19.7 Å². The molecule has 1 amide bonds. The number of rotatable bonds is 5. The molecule has 0 bridgehead atoms. The number of esters is 1. The van der Waals surface area contributed by atoms with Gasteiger partial charge in [-0.2, -0.15) is 0 Å². The molecule has 24 heavy (non-hydrogen) atoms. The van der Waals surface area contributed by atoms with Gasteiger partial charge in [0.2, 0.25) is 0 Å². The number of nitrogens with one attached hydrogen (secondary N) is 1. The Bertz CT molecular complexity index is 774. The highest BCUT2D eigenvalue weighted by Crippen LogP contribution is 2.18. The second-order valence-electron chi connectivity index (χ2n) is 5.29. The third kappa shape index (κ3) is 4.32. The lowest BCUT2D eigenvalue weighted by Gasteiger charge is -2.10. The Morgan fingerprint density at radius 1 is 1.12 bits per heavy atom. The number of carbonyl (C=O) groups is 2. The quantitative estimate of drug-likeness (QED) is 0.854. The molecule has 0 unspecified atom stereocenters. The summed E-state index contributed by atoms with van der Waals surface area (Å²) in [6, 6.07) is 9.27. The number of anilines is 1. The predicted molar refractivity (Wildman–Crippen MR) is 87.8 cm³/mol. The Morgan fingerprint density at radius 2 is 1.88 bits per heavy atom. The first-order valence-corrected chi connectivity index (χ1v) is 7.28. The summed E-state index contributed by atoms with van der Waals surface area (Å²) < 4.78 is 23.2. The maximum absolute atomic E-state index is 13.6. The number of ether oxygens (including phenoxy) is 2. The van der Waals surface area contributed by atoms with Crippen molar-refractivity contribution >= 4 is 17.6 Å². The third-order valence-electron chi connectivity index (χ3n) is 3.38. The van der Waals surface area contributed by atoms with Crippen LogP contribution in [0.4, 0.5) is 10.1 Å². The third-order valence-corrected chi connectivity index (χ3v) is 3.38. The maximum atomic E-state index is 13.6. The topological polar surface area (TPSA) is 64.6 Å². The standard InChI is InChI=1S/C18H18FNO4/c1-11-4-6-15(12(2)8-11)20-17(21)10-24-18(22)13-5-7-16(23-3)14(19)9-13/h4-9H,10H2,1-3H3,(H,20,21). The van der Waals surface area contributed by atoms with Crippen LogP contribution < -0.4 is 10.1 Å². The number of hydrogen-bond acceptors (Lipinski definition) is 4. The summed E-state index contributed by atoms with van der Waals surface area (Å²) in [5.74, 6) is -1.90. The first-order valence-electron chi connectivity index (χ1n) is 7.28. The van der Waals surface area contributed by atoms with E-state index in [9.17, 15) is 14.0 Å². The fourth-order valence-corrected chi connectivity index (χ4v) is 2.15. The minimum Gasteiger partial charge on any atom is -0.494 e. The number of benzene rings is 2. The smallest absolute Gasteiger partial charge is 0.338 e. The van der Waals surface area contributed by atoms with Crippen molar-refractivity contribution in [2.24, 2.45) is 0 Å². The van der Waals surface area contributed by atoms with Crippen LogP contribution in [0.3, 0.4) is 0 Å². The maximum Gasteiger partial charge on any atom is 0.338 e. The number of amides is 1. The van der Waals surface area contributed by atoms with Crippen molar-refractivity contribution in [2.45, 2.75) is 13.8 Å². The normalized spacial score (nSPS) is 10.2. The van der Waals surface area contributed by atoms with Crippen LogP contribution in [-0.2, 0) is 9.53 Å². The lowest BCUT2D eigenvalue weighted by molar-refractivity contribution is -0.119. The molecule has 0 radical (unpaired) electrons. The van der Waals surface area contributed by atoms with E-state index in [-0.39, 0.29) is 11.3 Å². The van der Waals surface area contributed by atoms with Crippen molar-refractivity contribution in [3.8, 4) is 5.75 Å². The fourth-order valence-electron chi connectivity index (χ4n) is 2.15. The largest absolute Gasteiger partial charge is 0.494 e. The molecule has 0 atom stereocenters. The molecule has 0 fully saturated rings. The summed E-state index contributed by atoms with van der Waals surface area (Å²) in [7, 11) is 1.33. The molecule has 126 valence electrons. The second kappa shape index (κ2) is 7.59. The molecule has 2 aromatic carbocycles. The van der Waals surface area contributed by atoms with Gasteiger partial charge in [-0.3, -0.25) is 4.79 Å². The highest BCUT2D eigenvalue weighted by Gasteiger charge is 2.13. The second-order valence-corrected chi connectivity index (χ2v) is 5.29. The van der Waals surface area contributed by atoms with E-state index < -0.39 is 24.3 Å². The highest BCUT2D eigenvalue weighted by molar-refractivity contribution is 5.96. The van der Waals surface area contributed by atoms with Gasteiger partial charge in [0.25, 0.3) is 5.91 Å². The van der Waals surface area contributed by atoms with Gasteiger partial charge in [-0.25, -0.2) is 9.18 Å².